The summed E-state index contributed by atoms with van der Waals surface area (Å²) in [6.07, 6.45) is 3.52. The summed E-state index contributed by atoms with van der Waals surface area (Å²) in [6, 6.07) is 6.93. The second-order valence-corrected chi connectivity index (χ2v) is 9.75. The van der Waals surface area contributed by atoms with Crippen LogP contribution in [-0.4, -0.2) is 69.8 Å². The van der Waals surface area contributed by atoms with Gasteiger partial charge >= 0.3 is 0 Å². The van der Waals surface area contributed by atoms with Gasteiger partial charge in [-0.2, -0.15) is 4.31 Å². The van der Waals surface area contributed by atoms with Gasteiger partial charge in [-0.3, -0.25) is 9.59 Å². The van der Waals surface area contributed by atoms with Crippen LogP contribution in [0, 0.1) is 0 Å². The largest absolute Gasteiger partial charge is 0.348 e. The highest BCUT2D eigenvalue weighted by atomic mass is 32.2. The minimum Gasteiger partial charge on any atom is -0.348 e. The van der Waals surface area contributed by atoms with E-state index in [1.807, 2.05) is 0 Å². The number of nitrogens with zero attached hydrogens (tertiary/aromatic N) is 2. The minimum absolute atomic E-state index is 0.0563. The van der Waals surface area contributed by atoms with Crippen LogP contribution in [0.1, 0.15) is 25.7 Å². The number of anilines is 1. The average Bonchev–Trinajstić information content (AvgIpc) is 3.39. The number of amides is 2. The summed E-state index contributed by atoms with van der Waals surface area (Å²) >= 11 is 0. The summed E-state index contributed by atoms with van der Waals surface area (Å²) in [4.78, 5) is 26.8. The Morgan fingerprint density at radius 3 is 2.36 bits per heavy atom. The van der Waals surface area contributed by atoms with Crippen molar-refractivity contribution in [3.05, 3.63) is 24.3 Å². The van der Waals surface area contributed by atoms with Crippen LogP contribution in [0.2, 0.25) is 0 Å². The molecule has 2 saturated heterocycles. The van der Waals surface area contributed by atoms with Crippen LogP contribution in [-0.2, 0) is 19.6 Å². The number of benzene rings is 1. The molecular formula is C19H27N4O4S+. The van der Waals surface area contributed by atoms with Crippen LogP contribution in [0.4, 0.5) is 5.69 Å². The van der Waals surface area contributed by atoms with Gasteiger partial charge in [0.05, 0.1) is 31.1 Å². The lowest BCUT2D eigenvalue weighted by atomic mass is 10.3. The van der Waals surface area contributed by atoms with E-state index in [2.05, 4.69) is 5.32 Å². The summed E-state index contributed by atoms with van der Waals surface area (Å²) in [7, 11) is -3.56. The van der Waals surface area contributed by atoms with E-state index in [0.717, 1.165) is 29.8 Å². The van der Waals surface area contributed by atoms with Crippen molar-refractivity contribution in [2.75, 3.05) is 44.2 Å². The molecule has 3 fully saturated rings. The molecule has 1 aromatic rings. The van der Waals surface area contributed by atoms with Gasteiger partial charge in [-0.15, -0.1) is 0 Å². The number of quaternary nitrogens is 1. The average molecular weight is 408 g/mol. The van der Waals surface area contributed by atoms with Gasteiger partial charge in [0.25, 0.3) is 5.91 Å². The first-order chi connectivity index (χ1) is 13.4. The van der Waals surface area contributed by atoms with Crippen LogP contribution >= 0.6 is 0 Å². The van der Waals surface area contributed by atoms with Crippen LogP contribution in [0.3, 0.4) is 0 Å². The number of piperazine rings is 1. The summed E-state index contributed by atoms with van der Waals surface area (Å²) in [5, 5.41) is 2.98. The lowest BCUT2D eigenvalue weighted by molar-refractivity contribution is -0.895. The highest BCUT2D eigenvalue weighted by molar-refractivity contribution is 7.89. The van der Waals surface area contributed by atoms with Gasteiger partial charge in [-0.05, 0) is 43.5 Å². The normalized spacial score (nSPS) is 21.9. The third-order valence-electron chi connectivity index (χ3n) is 5.64. The van der Waals surface area contributed by atoms with Crippen LogP contribution in [0.5, 0.6) is 0 Å². The molecule has 8 nitrogen and oxygen atoms in total. The summed E-state index contributed by atoms with van der Waals surface area (Å²) in [5.41, 5.74) is 0.748. The smallest absolute Gasteiger partial charge is 0.275 e. The van der Waals surface area contributed by atoms with E-state index >= 15 is 0 Å². The number of carbonyl (C=O) groups excluding carboxylic acids is 2. The highest BCUT2D eigenvalue weighted by Gasteiger charge is 2.32. The van der Waals surface area contributed by atoms with Crippen molar-refractivity contribution in [3.8, 4) is 0 Å². The Balaban J connectivity index is 1.34. The van der Waals surface area contributed by atoms with E-state index in [1.54, 1.807) is 29.2 Å². The molecule has 1 aliphatic carbocycles. The summed E-state index contributed by atoms with van der Waals surface area (Å²) < 4.78 is 27.3. The molecule has 0 spiro atoms. The predicted molar refractivity (Wildman–Crippen MR) is 104 cm³/mol. The number of hydrogen-bond acceptors (Lipinski definition) is 4. The van der Waals surface area contributed by atoms with E-state index in [1.165, 1.54) is 4.31 Å². The fourth-order valence-corrected chi connectivity index (χ4v) is 5.26. The van der Waals surface area contributed by atoms with Gasteiger partial charge < -0.3 is 15.1 Å². The van der Waals surface area contributed by atoms with Gasteiger partial charge in [-0.1, -0.05) is 0 Å². The Labute approximate surface area is 165 Å². The quantitative estimate of drug-likeness (QED) is 0.632. The second kappa shape index (κ2) is 7.81. The van der Waals surface area contributed by atoms with Crippen LogP contribution in [0.15, 0.2) is 29.2 Å². The Kier molecular flexibility index (Phi) is 5.39. The molecule has 9 heteroatoms. The third kappa shape index (κ3) is 4.21. The Bertz CT molecular complexity index is 843. The lowest BCUT2D eigenvalue weighted by Gasteiger charge is -2.31. The Morgan fingerprint density at radius 2 is 1.79 bits per heavy atom. The van der Waals surface area contributed by atoms with E-state index in [-0.39, 0.29) is 16.7 Å². The molecule has 0 bridgehead atoms. The molecule has 2 N–H and O–H groups in total. The fourth-order valence-electron chi connectivity index (χ4n) is 3.82. The van der Waals surface area contributed by atoms with E-state index in [9.17, 15) is 18.0 Å². The standard InChI is InChI=1S/C19H26N4O4S/c24-18(20-15-3-4-15)14-21-10-12-22(13-11-21)28(26,27)17-7-5-16(6-8-17)23-9-1-2-19(23)25/h5-8,15H,1-4,9-14H2,(H,20,24)/p+1. The molecule has 28 heavy (non-hydrogen) atoms. The molecule has 152 valence electrons. The molecule has 4 rings (SSSR count). The Hall–Kier alpha value is -1.97. The maximum atomic E-state index is 12.9. The van der Waals surface area contributed by atoms with Crippen LogP contribution in [0.25, 0.3) is 0 Å². The molecule has 2 aliphatic heterocycles. The molecule has 2 heterocycles. The fraction of sp³-hybridized carbons (Fsp3) is 0.579. The first-order valence-corrected chi connectivity index (χ1v) is 11.4. The molecule has 1 saturated carbocycles. The first kappa shape index (κ1) is 19.4. The van der Waals surface area contributed by atoms with Crippen molar-refractivity contribution >= 4 is 27.5 Å². The number of nitrogens with one attached hydrogen (secondary N) is 2. The zero-order valence-corrected chi connectivity index (χ0v) is 16.7. The van der Waals surface area contributed by atoms with Crippen molar-refractivity contribution in [1.29, 1.82) is 0 Å². The van der Waals surface area contributed by atoms with Gasteiger partial charge in [0.1, 0.15) is 0 Å². The molecule has 3 aliphatic rings. The second-order valence-electron chi connectivity index (χ2n) is 7.82. The molecule has 0 atom stereocenters. The summed E-state index contributed by atoms with van der Waals surface area (Å²) in [6.45, 7) is 3.14. The van der Waals surface area contributed by atoms with Gasteiger partial charge in [0.15, 0.2) is 6.54 Å². The van der Waals surface area contributed by atoms with Gasteiger partial charge in [-0.25, -0.2) is 8.42 Å². The third-order valence-corrected chi connectivity index (χ3v) is 7.55. The SMILES string of the molecule is O=C(C[NH+]1CCN(S(=O)(=O)c2ccc(N3CCCC3=O)cc2)CC1)NC1CC1. The summed E-state index contributed by atoms with van der Waals surface area (Å²) in [5.74, 6) is 0.140. The molecule has 1 aromatic carbocycles. The molecular weight excluding hydrogens is 380 g/mol. The number of rotatable bonds is 6. The van der Waals surface area contributed by atoms with Gasteiger partial charge in [0, 0.05) is 24.7 Å². The highest BCUT2D eigenvalue weighted by Crippen LogP contribution is 2.24. The monoisotopic (exact) mass is 407 g/mol. The van der Waals surface area contributed by atoms with Crippen molar-refractivity contribution in [1.82, 2.24) is 9.62 Å². The van der Waals surface area contributed by atoms with E-state index < -0.39 is 10.0 Å². The molecule has 0 radical (unpaired) electrons. The van der Waals surface area contributed by atoms with Crippen molar-refractivity contribution < 1.29 is 22.9 Å². The predicted octanol–water partition coefficient (Wildman–Crippen LogP) is -1.02. The molecule has 0 aromatic heterocycles. The van der Waals surface area contributed by atoms with Gasteiger partial charge in [0.2, 0.25) is 15.9 Å². The zero-order chi connectivity index (χ0) is 19.7. The van der Waals surface area contributed by atoms with Crippen molar-refractivity contribution in [3.63, 3.8) is 0 Å². The topological polar surface area (TPSA) is 91.2 Å². The molecule has 0 unspecified atom stereocenters. The van der Waals surface area contributed by atoms with Crippen LogP contribution < -0.4 is 15.1 Å². The lowest BCUT2D eigenvalue weighted by Crippen LogP contribution is -3.15. The van der Waals surface area contributed by atoms with E-state index in [4.69, 9.17) is 0 Å². The number of carbonyl (C=O) groups is 2. The number of hydrogen-bond donors (Lipinski definition) is 2. The Morgan fingerprint density at radius 1 is 1.11 bits per heavy atom. The minimum atomic E-state index is -3.56. The maximum absolute atomic E-state index is 12.9. The number of sulfonamides is 1. The van der Waals surface area contributed by atoms with E-state index in [0.29, 0.717) is 51.7 Å². The van der Waals surface area contributed by atoms with Crippen molar-refractivity contribution in [2.24, 2.45) is 0 Å². The zero-order valence-electron chi connectivity index (χ0n) is 15.9. The maximum Gasteiger partial charge on any atom is 0.275 e. The van der Waals surface area contributed by atoms with Crippen molar-refractivity contribution in [2.45, 2.75) is 36.6 Å². The molecule has 2 amide bonds. The first-order valence-electron chi connectivity index (χ1n) is 9.97.